The fraction of sp³-hybridized carbons (Fsp3) is 0.400. The van der Waals surface area contributed by atoms with Crippen LogP contribution in [0, 0.1) is 0 Å². The second kappa shape index (κ2) is 2.48. The number of benzene rings is 1. The van der Waals surface area contributed by atoms with Crippen LogP contribution >= 0.6 is 11.6 Å². The summed E-state index contributed by atoms with van der Waals surface area (Å²) in [7, 11) is 0. The van der Waals surface area contributed by atoms with E-state index in [2.05, 4.69) is 31.3 Å². The van der Waals surface area contributed by atoms with Crippen LogP contribution in [-0.4, -0.2) is 0 Å². The Kier molecular flexibility index (Phi) is 1.67. The highest BCUT2D eigenvalue weighted by molar-refractivity contribution is 6.30. The minimum atomic E-state index is 0.0836. The van der Waals surface area contributed by atoms with Gasteiger partial charge >= 0.3 is 0 Å². The molecule has 12 heavy (non-hydrogen) atoms. The molecule has 1 heterocycles. The molecule has 0 atom stereocenters. The van der Waals surface area contributed by atoms with Gasteiger partial charge in [0.25, 0.3) is 0 Å². The van der Waals surface area contributed by atoms with Crippen molar-refractivity contribution >= 4 is 11.6 Å². The fourth-order valence-electron chi connectivity index (χ4n) is 1.70. The van der Waals surface area contributed by atoms with Crippen LogP contribution in [0.4, 0.5) is 0 Å². The Morgan fingerprint density at radius 1 is 1.42 bits per heavy atom. The molecule has 2 rings (SSSR count). The number of hydrogen-bond donors (Lipinski definition) is 1. The first-order valence-corrected chi connectivity index (χ1v) is 4.51. The number of hydrogen-bond acceptors (Lipinski definition) is 1. The van der Waals surface area contributed by atoms with Gasteiger partial charge in [0.2, 0.25) is 0 Å². The predicted molar refractivity (Wildman–Crippen MR) is 51.3 cm³/mol. The normalized spacial score (nSPS) is 19.2. The molecule has 1 N–H and O–H groups in total. The maximum Gasteiger partial charge on any atom is 0.0409 e. The smallest absolute Gasteiger partial charge is 0.0409 e. The number of rotatable bonds is 0. The topological polar surface area (TPSA) is 12.0 Å². The Hall–Kier alpha value is -0.530. The van der Waals surface area contributed by atoms with Gasteiger partial charge in [-0.2, -0.15) is 0 Å². The molecule has 0 amide bonds. The van der Waals surface area contributed by atoms with Crippen molar-refractivity contribution in [2.24, 2.45) is 0 Å². The summed E-state index contributed by atoms with van der Waals surface area (Å²) in [6, 6.07) is 6.10. The molecule has 0 bridgehead atoms. The van der Waals surface area contributed by atoms with Crippen LogP contribution in [0.5, 0.6) is 0 Å². The molecular weight excluding hydrogens is 170 g/mol. The van der Waals surface area contributed by atoms with Crippen molar-refractivity contribution in [1.82, 2.24) is 5.32 Å². The van der Waals surface area contributed by atoms with E-state index in [1.54, 1.807) is 0 Å². The standard InChI is InChI=1S/C10H12ClN/c1-10(2)9-5-8(11)4-3-7(9)6-12-10/h3-5,12H,6H2,1-2H3. The van der Waals surface area contributed by atoms with E-state index in [0.717, 1.165) is 11.6 Å². The van der Waals surface area contributed by atoms with E-state index in [9.17, 15) is 0 Å². The molecule has 1 aliphatic rings. The van der Waals surface area contributed by atoms with Gasteiger partial charge in [-0.3, -0.25) is 0 Å². The van der Waals surface area contributed by atoms with Crippen LogP contribution in [0.1, 0.15) is 25.0 Å². The van der Waals surface area contributed by atoms with Gasteiger partial charge in [0, 0.05) is 17.1 Å². The van der Waals surface area contributed by atoms with Crippen LogP contribution in [0.3, 0.4) is 0 Å². The molecule has 0 saturated carbocycles. The number of halogens is 1. The molecule has 1 nitrogen and oxygen atoms in total. The minimum absolute atomic E-state index is 0.0836. The van der Waals surface area contributed by atoms with Gasteiger partial charge < -0.3 is 5.32 Å². The molecule has 1 aromatic rings. The van der Waals surface area contributed by atoms with Crippen LogP contribution < -0.4 is 5.32 Å². The largest absolute Gasteiger partial charge is 0.304 e. The van der Waals surface area contributed by atoms with E-state index in [-0.39, 0.29) is 5.54 Å². The lowest BCUT2D eigenvalue weighted by Gasteiger charge is -2.19. The maximum atomic E-state index is 5.92. The van der Waals surface area contributed by atoms with Gasteiger partial charge in [-0.05, 0) is 37.1 Å². The zero-order chi connectivity index (χ0) is 8.77. The lowest BCUT2D eigenvalue weighted by Crippen LogP contribution is -2.28. The van der Waals surface area contributed by atoms with Crippen molar-refractivity contribution in [3.8, 4) is 0 Å². The monoisotopic (exact) mass is 181 g/mol. The average Bonchev–Trinajstić information content (AvgIpc) is 2.28. The third kappa shape index (κ3) is 1.13. The van der Waals surface area contributed by atoms with Crippen LogP contribution in [-0.2, 0) is 12.1 Å². The quantitative estimate of drug-likeness (QED) is 0.649. The average molecular weight is 182 g/mol. The zero-order valence-electron chi connectivity index (χ0n) is 7.32. The third-order valence-electron chi connectivity index (χ3n) is 2.47. The first-order valence-electron chi connectivity index (χ1n) is 4.13. The molecule has 0 unspecified atom stereocenters. The summed E-state index contributed by atoms with van der Waals surface area (Å²) in [5, 5.41) is 4.25. The third-order valence-corrected chi connectivity index (χ3v) is 2.70. The molecule has 1 aliphatic heterocycles. The highest BCUT2D eigenvalue weighted by Gasteiger charge is 2.28. The first-order chi connectivity index (χ1) is 5.59. The Labute approximate surface area is 77.7 Å². The summed E-state index contributed by atoms with van der Waals surface area (Å²) in [5.74, 6) is 0. The van der Waals surface area contributed by atoms with Gasteiger partial charge in [-0.1, -0.05) is 17.7 Å². The van der Waals surface area contributed by atoms with E-state index >= 15 is 0 Å². The summed E-state index contributed by atoms with van der Waals surface area (Å²) in [6.45, 7) is 5.31. The van der Waals surface area contributed by atoms with Gasteiger partial charge in [0.1, 0.15) is 0 Å². The van der Waals surface area contributed by atoms with Crippen molar-refractivity contribution in [2.45, 2.75) is 25.9 Å². The van der Waals surface area contributed by atoms with Crippen LogP contribution in [0.15, 0.2) is 18.2 Å². The molecule has 64 valence electrons. The van der Waals surface area contributed by atoms with E-state index in [1.807, 2.05) is 6.07 Å². The zero-order valence-corrected chi connectivity index (χ0v) is 8.07. The Balaban J connectivity index is 2.57. The minimum Gasteiger partial charge on any atom is -0.304 e. The Morgan fingerprint density at radius 3 is 2.92 bits per heavy atom. The van der Waals surface area contributed by atoms with Crippen molar-refractivity contribution in [3.63, 3.8) is 0 Å². The second-order valence-electron chi connectivity index (χ2n) is 3.78. The van der Waals surface area contributed by atoms with E-state index in [1.165, 1.54) is 11.1 Å². The Morgan fingerprint density at radius 2 is 2.17 bits per heavy atom. The number of fused-ring (bicyclic) bond motifs is 1. The highest BCUT2D eigenvalue weighted by atomic mass is 35.5. The molecular formula is C10H12ClN. The van der Waals surface area contributed by atoms with Crippen LogP contribution in [0.25, 0.3) is 0 Å². The fourth-order valence-corrected chi connectivity index (χ4v) is 1.87. The SMILES string of the molecule is CC1(C)NCc2ccc(Cl)cc21. The maximum absolute atomic E-state index is 5.92. The van der Waals surface area contributed by atoms with E-state index in [0.29, 0.717) is 0 Å². The molecule has 2 heteroatoms. The van der Waals surface area contributed by atoms with Crippen molar-refractivity contribution in [2.75, 3.05) is 0 Å². The van der Waals surface area contributed by atoms with Crippen molar-refractivity contribution in [1.29, 1.82) is 0 Å². The molecule has 0 aliphatic carbocycles. The van der Waals surface area contributed by atoms with Gasteiger partial charge in [0.05, 0.1) is 0 Å². The van der Waals surface area contributed by atoms with Gasteiger partial charge in [-0.25, -0.2) is 0 Å². The first kappa shape index (κ1) is 8.09. The Bertz CT molecular complexity index is 318. The van der Waals surface area contributed by atoms with Gasteiger partial charge in [0.15, 0.2) is 0 Å². The summed E-state index contributed by atoms with van der Waals surface area (Å²) in [5.41, 5.74) is 2.78. The predicted octanol–water partition coefficient (Wildman–Crippen LogP) is 2.68. The van der Waals surface area contributed by atoms with E-state index in [4.69, 9.17) is 11.6 Å². The summed E-state index contributed by atoms with van der Waals surface area (Å²) in [6.07, 6.45) is 0. The molecule has 0 aromatic heterocycles. The van der Waals surface area contributed by atoms with Gasteiger partial charge in [-0.15, -0.1) is 0 Å². The lowest BCUT2D eigenvalue weighted by molar-refractivity contribution is 0.442. The molecule has 0 radical (unpaired) electrons. The van der Waals surface area contributed by atoms with Crippen molar-refractivity contribution < 1.29 is 0 Å². The molecule has 0 saturated heterocycles. The van der Waals surface area contributed by atoms with Crippen LogP contribution in [0.2, 0.25) is 5.02 Å². The highest BCUT2D eigenvalue weighted by Crippen LogP contribution is 2.31. The second-order valence-corrected chi connectivity index (χ2v) is 4.22. The summed E-state index contributed by atoms with van der Waals surface area (Å²) in [4.78, 5) is 0. The summed E-state index contributed by atoms with van der Waals surface area (Å²) < 4.78 is 0. The molecule has 0 spiro atoms. The number of nitrogens with one attached hydrogen (secondary N) is 1. The van der Waals surface area contributed by atoms with Crippen molar-refractivity contribution in [3.05, 3.63) is 34.3 Å². The lowest BCUT2D eigenvalue weighted by atomic mass is 9.95. The molecule has 1 aromatic carbocycles. The van der Waals surface area contributed by atoms with E-state index < -0.39 is 0 Å². The molecule has 0 fully saturated rings. The summed E-state index contributed by atoms with van der Waals surface area (Å²) >= 11 is 5.92.